The maximum atomic E-state index is 11.1. The predicted molar refractivity (Wildman–Crippen MR) is 101 cm³/mol. The van der Waals surface area contributed by atoms with Gasteiger partial charge in [0, 0.05) is 43.7 Å². The Bertz CT molecular complexity index is 904. The summed E-state index contributed by atoms with van der Waals surface area (Å²) in [6.07, 6.45) is 3.20. The Labute approximate surface area is 152 Å². The van der Waals surface area contributed by atoms with Crippen molar-refractivity contribution in [2.75, 3.05) is 6.54 Å². The van der Waals surface area contributed by atoms with Gasteiger partial charge in [-0.05, 0) is 29.7 Å². The lowest BCUT2D eigenvalue weighted by atomic mass is 10.0. The van der Waals surface area contributed by atoms with E-state index < -0.39 is 0 Å². The van der Waals surface area contributed by atoms with Crippen LogP contribution in [0.2, 0.25) is 0 Å². The lowest BCUT2D eigenvalue weighted by Gasteiger charge is -2.30. The lowest BCUT2D eigenvalue weighted by molar-refractivity contribution is -0.384. The van der Waals surface area contributed by atoms with Crippen molar-refractivity contribution in [3.63, 3.8) is 0 Å². The second kappa shape index (κ2) is 7.14. The highest BCUT2D eigenvalue weighted by atomic mass is 16.6. The Morgan fingerprint density at radius 3 is 2.65 bits per heavy atom. The van der Waals surface area contributed by atoms with Gasteiger partial charge in [0.05, 0.1) is 11.0 Å². The lowest BCUT2D eigenvalue weighted by Crippen LogP contribution is -2.29. The average molecular weight is 347 g/mol. The van der Waals surface area contributed by atoms with Gasteiger partial charge in [0.15, 0.2) is 0 Å². The van der Waals surface area contributed by atoms with Crippen LogP contribution >= 0.6 is 0 Å². The van der Waals surface area contributed by atoms with Crippen molar-refractivity contribution in [1.29, 1.82) is 0 Å². The van der Waals surface area contributed by atoms with Gasteiger partial charge in [-0.3, -0.25) is 15.0 Å². The van der Waals surface area contributed by atoms with E-state index in [-0.39, 0.29) is 16.7 Å². The zero-order valence-electron chi connectivity index (χ0n) is 14.5. The number of non-ortho nitro benzene ring substituents is 1. The van der Waals surface area contributed by atoms with Gasteiger partial charge in [-0.2, -0.15) is 0 Å². The molecule has 2 heterocycles. The van der Waals surface area contributed by atoms with Crippen LogP contribution in [0.1, 0.15) is 29.3 Å². The van der Waals surface area contributed by atoms with Gasteiger partial charge in [0.2, 0.25) is 0 Å². The molecule has 2 aromatic carbocycles. The minimum atomic E-state index is -0.328. The van der Waals surface area contributed by atoms with Crippen LogP contribution < -0.4 is 0 Å². The number of fused-ring (bicyclic) bond motifs is 1. The number of hydrogen-bond donors (Lipinski definition) is 0. The fraction of sp³-hybridized carbons (Fsp3) is 0.238. The molecule has 0 saturated heterocycles. The minimum Gasteiger partial charge on any atom is -0.350 e. The fourth-order valence-electron chi connectivity index (χ4n) is 3.83. The molecule has 1 aromatic heterocycles. The van der Waals surface area contributed by atoms with E-state index >= 15 is 0 Å². The second-order valence-corrected chi connectivity index (χ2v) is 6.69. The van der Waals surface area contributed by atoms with Crippen molar-refractivity contribution in [1.82, 2.24) is 9.47 Å². The first-order valence-electron chi connectivity index (χ1n) is 8.90. The van der Waals surface area contributed by atoms with Crippen LogP contribution in [-0.4, -0.2) is 20.9 Å². The van der Waals surface area contributed by atoms with E-state index in [0.29, 0.717) is 6.54 Å². The van der Waals surface area contributed by atoms with Crippen molar-refractivity contribution in [3.05, 3.63) is 99.9 Å². The quantitative estimate of drug-likeness (QED) is 0.519. The molecule has 26 heavy (non-hydrogen) atoms. The molecule has 0 saturated carbocycles. The smallest absolute Gasteiger partial charge is 0.269 e. The van der Waals surface area contributed by atoms with E-state index in [1.807, 2.05) is 12.1 Å². The van der Waals surface area contributed by atoms with Gasteiger partial charge in [-0.1, -0.05) is 42.5 Å². The molecule has 0 aliphatic carbocycles. The molecule has 4 rings (SSSR count). The van der Waals surface area contributed by atoms with Gasteiger partial charge in [0.1, 0.15) is 0 Å². The van der Waals surface area contributed by atoms with Crippen LogP contribution in [-0.2, 0) is 13.1 Å². The number of benzene rings is 2. The van der Waals surface area contributed by atoms with Crippen LogP contribution in [0.25, 0.3) is 0 Å². The number of aromatic nitrogens is 1. The first-order chi connectivity index (χ1) is 12.7. The van der Waals surface area contributed by atoms with Crippen molar-refractivity contribution in [3.8, 4) is 0 Å². The van der Waals surface area contributed by atoms with Gasteiger partial charge in [-0.15, -0.1) is 0 Å². The summed E-state index contributed by atoms with van der Waals surface area (Å²) in [5.74, 6) is 0. The number of hydrogen-bond acceptors (Lipinski definition) is 3. The Balaban J connectivity index is 1.71. The van der Waals surface area contributed by atoms with E-state index in [0.717, 1.165) is 25.1 Å². The molecule has 5 heteroatoms. The van der Waals surface area contributed by atoms with Crippen LogP contribution in [0, 0.1) is 10.1 Å². The van der Waals surface area contributed by atoms with Crippen LogP contribution in [0.4, 0.5) is 5.69 Å². The number of aryl methyl sites for hydroxylation is 1. The minimum absolute atomic E-state index is 0.146. The van der Waals surface area contributed by atoms with Crippen LogP contribution in [0.3, 0.4) is 0 Å². The summed E-state index contributed by atoms with van der Waals surface area (Å²) in [4.78, 5) is 13.2. The largest absolute Gasteiger partial charge is 0.350 e. The molecular formula is C21H21N3O2. The Morgan fingerprint density at radius 2 is 1.85 bits per heavy atom. The summed E-state index contributed by atoms with van der Waals surface area (Å²) in [5, 5.41) is 11.1. The Morgan fingerprint density at radius 1 is 1.00 bits per heavy atom. The van der Waals surface area contributed by atoms with Crippen molar-refractivity contribution >= 4 is 5.69 Å². The van der Waals surface area contributed by atoms with E-state index in [2.05, 4.69) is 52.1 Å². The molecule has 5 nitrogen and oxygen atoms in total. The van der Waals surface area contributed by atoms with Gasteiger partial charge >= 0.3 is 0 Å². The summed E-state index contributed by atoms with van der Waals surface area (Å²) in [5.41, 5.74) is 3.65. The standard InChI is InChI=1S/C21H21N3O2/c25-24(26)19-10-4-7-17(15-19)16-23-14-6-13-22-12-5-11-20(22)21(23)18-8-2-1-3-9-18/h1-5,7-12,15,21H,6,13-14,16H2. The molecule has 0 radical (unpaired) electrons. The topological polar surface area (TPSA) is 51.3 Å². The molecule has 1 aliphatic heterocycles. The molecular weight excluding hydrogens is 326 g/mol. The molecule has 0 spiro atoms. The second-order valence-electron chi connectivity index (χ2n) is 6.69. The SMILES string of the molecule is O=[N+]([O-])c1cccc(CN2CCCn3cccc3C2c2ccccc2)c1. The maximum absolute atomic E-state index is 11.1. The monoisotopic (exact) mass is 347 g/mol. The number of nitro groups is 1. The zero-order chi connectivity index (χ0) is 17.9. The summed E-state index contributed by atoms with van der Waals surface area (Å²) < 4.78 is 2.32. The average Bonchev–Trinajstić information content (AvgIpc) is 3.04. The van der Waals surface area contributed by atoms with Gasteiger partial charge in [-0.25, -0.2) is 0 Å². The molecule has 1 atom stereocenters. The highest BCUT2D eigenvalue weighted by Gasteiger charge is 2.27. The number of rotatable bonds is 4. The van der Waals surface area contributed by atoms with Crippen LogP contribution in [0.15, 0.2) is 72.9 Å². The molecule has 0 fully saturated rings. The van der Waals surface area contributed by atoms with Gasteiger partial charge in [0.25, 0.3) is 5.69 Å². The predicted octanol–water partition coefficient (Wildman–Crippen LogP) is 4.39. The van der Waals surface area contributed by atoms with Crippen molar-refractivity contribution in [2.24, 2.45) is 0 Å². The summed E-state index contributed by atoms with van der Waals surface area (Å²) in [7, 11) is 0. The first kappa shape index (κ1) is 16.5. The Kier molecular flexibility index (Phi) is 4.54. The van der Waals surface area contributed by atoms with Gasteiger partial charge < -0.3 is 4.57 Å². The first-order valence-corrected chi connectivity index (χ1v) is 8.90. The van der Waals surface area contributed by atoms with E-state index in [4.69, 9.17) is 0 Å². The normalized spacial score (nSPS) is 17.5. The van der Waals surface area contributed by atoms with Crippen LogP contribution in [0.5, 0.6) is 0 Å². The molecule has 132 valence electrons. The summed E-state index contributed by atoms with van der Waals surface area (Å²) in [6, 6.07) is 21.9. The molecule has 3 aromatic rings. The fourth-order valence-corrected chi connectivity index (χ4v) is 3.83. The zero-order valence-corrected chi connectivity index (χ0v) is 14.5. The Hall–Kier alpha value is -2.92. The third-order valence-electron chi connectivity index (χ3n) is 4.98. The number of nitro benzene ring substituents is 1. The van der Waals surface area contributed by atoms with E-state index in [1.54, 1.807) is 18.2 Å². The molecule has 0 amide bonds. The third kappa shape index (κ3) is 3.26. The third-order valence-corrected chi connectivity index (χ3v) is 4.98. The molecule has 0 N–H and O–H groups in total. The highest BCUT2D eigenvalue weighted by molar-refractivity contribution is 5.35. The molecule has 1 aliphatic rings. The highest BCUT2D eigenvalue weighted by Crippen LogP contribution is 2.33. The van der Waals surface area contributed by atoms with E-state index in [9.17, 15) is 10.1 Å². The van der Waals surface area contributed by atoms with Crippen molar-refractivity contribution in [2.45, 2.75) is 25.6 Å². The maximum Gasteiger partial charge on any atom is 0.269 e. The summed E-state index contributed by atoms with van der Waals surface area (Å²) >= 11 is 0. The van der Waals surface area contributed by atoms with E-state index in [1.165, 1.54) is 11.3 Å². The molecule has 0 bridgehead atoms. The summed E-state index contributed by atoms with van der Waals surface area (Å²) in [6.45, 7) is 2.63. The number of nitrogens with zero attached hydrogens (tertiary/aromatic N) is 3. The van der Waals surface area contributed by atoms with Crippen molar-refractivity contribution < 1.29 is 4.92 Å². The molecule has 1 unspecified atom stereocenters.